The molecule has 0 aliphatic heterocycles. The van der Waals surface area contributed by atoms with Gasteiger partial charge in [-0.2, -0.15) is 0 Å². The number of amides is 1. The Bertz CT molecular complexity index is 220. The molecule has 2 unspecified atom stereocenters. The molecule has 1 aliphatic carbocycles. The number of hydrogen-bond donors (Lipinski definition) is 2. The molecule has 1 amide bonds. The number of carbonyl (C=O) groups excluding carboxylic acids is 1. The molecule has 0 aromatic rings. The van der Waals surface area contributed by atoms with E-state index in [-0.39, 0.29) is 5.91 Å². The van der Waals surface area contributed by atoms with Gasteiger partial charge in [0.15, 0.2) is 0 Å². The maximum absolute atomic E-state index is 11.4. The first-order chi connectivity index (χ1) is 7.72. The highest BCUT2D eigenvalue weighted by Gasteiger charge is 2.29. The monoisotopic (exact) mass is 227 g/mol. The van der Waals surface area contributed by atoms with Gasteiger partial charge in [-0.15, -0.1) is 0 Å². The molecule has 1 saturated carbocycles. The van der Waals surface area contributed by atoms with Crippen molar-refractivity contribution in [2.75, 3.05) is 26.7 Å². The lowest BCUT2D eigenvalue weighted by Gasteiger charge is -2.38. The summed E-state index contributed by atoms with van der Waals surface area (Å²) in [4.78, 5) is 13.7. The summed E-state index contributed by atoms with van der Waals surface area (Å²) in [7, 11) is 1.69. The summed E-state index contributed by atoms with van der Waals surface area (Å²) in [6.07, 6.45) is 4.96. The number of nitrogens with one attached hydrogen (secondary N) is 1. The quantitative estimate of drug-likeness (QED) is 0.722. The molecule has 1 fully saturated rings. The van der Waals surface area contributed by atoms with Crippen molar-refractivity contribution in [2.45, 2.75) is 38.6 Å². The molecule has 1 aliphatic rings. The lowest BCUT2D eigenvalue weighted by Crippen LogP contribution is -2.48. The van der Waals surface area contributed by atoms with Crippen molar-refractivity contribution in [1.82, 2.24) is 10.2 Å². The highest BCUT2D eigenvalue weighted by atomic mass is 16.1. The van der Waals surface area contributed by atoms with Crippen LogP contribution in [0.4, 0.5) is 0 Å². The van der Waals surface area contributed by atoms with E-state index in [9.17, 15) is 4.79 Å². The molecule has 0 aromatic carbocycles. The molecule has 4 heteroatoms. The van der Waals surface area contributed by atoms with Crippen molar-refractivity contribution in [3.8, 4) is 0 Å². The molecule has 0 radical (unpaired) electrons. The summed E-state index contributed by atoms with van der Waals surface area (Å²) in [5.74, 6) is 0.668. The summed E-state index contributed by atoms with van der Waals surface area (Å²) in [5, 5.41) is 2.69. The first kappa shape index (κ1) is 13.5. The third kappa shape index (κ3) is 3.46. The topological polar surface area (TPSA) is 58.4 Å². The summed E-state index contributed by atoms with van der Waals surface area (Å²) < 4.78 is 0. The van der Waals surface area contributed by atoms with Crippen molar-refractivity contribution in [3.63, 3.8) is 0 Å². The van der Waals surface area contributed by atoms with Crippen molar-refractivity contribution in [1.29, 1.82) is 0 Å². The molecular weight excluding hydrogens is 202 g/mol. The Balaban J connectivity index is 2.58. The lowest BCUT2D eigenvalue weighted by atomic mass is 9.83. The molecule has 0 saturated heterocycles. The fourth-order valence-corrected chi connectivity index (χ4v) is 2.67. The zero-order chi connectivity index (χ0) is 12.0. The van der Waals surface area contributed by atoms with Crippen LogP contribution in [0.15, 0.2) is 0 Å². The maximum Gasteiger partial charge on any atom is 0.233 e. The van der Waals surface area contributed by atoms with Crippen LogP contribution in [0.25, 0.3) is 0 Å². The van der Waals surface area contributed by atoms with E-state index in [0.717, 1.165) is 13.1 Å². The molecule has 94 valence electrons. The van der Waals surface area contributed by atoms with E-state index in [1.165, 1.54) is 25.7 Å². The van der Waals surface area contributed by atoms with Crippen LogP contribution in [0.2, 0.25) is 0 Å². The Morgan fingerprint density at radius 3 is 2.69 bits per heavy atom. The molecule has 16 heavy (non-hydrogen) atoms. The van der Waals surface area contributed by atoms with Gasteiger partial charge in [0.2, 0.25) is 5.91 Å². The minimum Gasteiger partial charge on any atom is -0.358 e. The first-order valence-electron chi connectivity index (χ1n) is 6.37. The molecule has 0 spiro atoms. The summed E-state index contributed by atoms with van der Waals surface area (Å²) in [6.45, 7) is 4.29. The third-order valence-electron chi connectivity index (χ3n) is 3.67. The van der Waals surface area contributed by atoms with Crippen LogP contribution in [0, 0.1) is 5.92 Å². The zero-order valence-electron chi connectivity index (χ0n) is 10.5. The van der Waals surface area contributed by atoms with Crippen LogP contribution < -0.4 is 11.1 Å². The molecule has 0 aromatic heterocycles. The number of carbonyl (C=O) groups is 1. The van der Waals surface area contributed by atoms with E-state index in [2.05, 4.69) is 17.1 Å². The molecular formula is C12H25N3O. The van der Waals surface area contributed by atoms with Gasteiger partial charge in [0.25, 0.3) is 0 Å². The predicted octanol–water partition coefficient (Wildman–Crippen LogP) is 0.572. The van der Waals surface area contributed by atoms with Crippen LogP contribution in [-0.2, 0) is 4.79 Å². The molecule has 4 nitrogen and oxygen atoms in total. The van der Waals surface area contributed by atoms with E-state index in [1.807, 2.05) is 0 Å². The molecule has 1 rings (SSSR count). The molecule has 3 N–H and O–H groups in total. The Labute approximate surface area is 98.6 Å². The second-order valence-corrected chi connectivity index (χ2v) is 4.58. The number of rotatable bonds is 5. The Morgan fingerprint density at radius 1 is 1.44 bits per heavy atom. The minimum atomic E-state index is 0.100. The van der Waals surface area contributed by atoms with Crippen LogP contribution in [0.3, 0.4) is 0 Å². The number of hydrogen-bond acceptors (Lipinski definition) is 3. The van der Waals surface area contributed by atoms with Gasteiger partial charge in [-0.3, -0.25) is 9.69 Å². The summed E-state index contributed by atoms with van der Waals surface area (Å²) >= 11 is 0. The van der Waals surface area contributed by atoms with Gasteiger partial charge in [0, 0.05) is 13.1 Å². The van der Waals surface area contributed by atoms with Crippen LogP contribution in [-0.4, -0.2) is 43.5 Å². The summed E-state index contributed by atoms with van der Waals surface area (Å²) in [5.41, 5.74) is 5.82. The van der Waals surface area contributed by atoms with Crippen molar-refractivity contribution in [2.24, 2.45) is 11.7 Å². The van der Waals surface area contributed by atoms with Gasteiger partial charge in [-0.1, -0.05) is 19.8 Å². The molecule has 0 heterocycles. The Morgan fingerprint density at radius 2 is 2.12 bits per heavy atom. The van der Waals surface area contributed by atoms with Gasteiger partial charge in [0.05, 0.1) is 6.54 Å². The maximum atomic E-state index is 11.4. The van der Waals surface area contributed by atoms with E-state index in [0.29, 0.717) is 18.5 Å². The van der Waals surface area contributed by atoms with E-state index >= 15 is 0 Å². The molecule has 2 atom stereocenters. The van der Waals surface area contributed by atoms with Gasteiger partial charge in [-0.05, 0) is 31.8 Å². The lowest BCUT2D eigenvalue weighted by molar-refractivity contribution is -0.122. The standard InChI is InChI=1S/C12H25N3O/c1-3-15(9-12(16)14-2)11-7-5-4-6-10(11)8-13/h10-11H,3-9,13H2,1-2H3,(H,14,16). The van der Waals surface area contributed by atoms with Gasteiger partial charge < -0.3 is 11.1 Å². The van der Waals surface area contributed by atoms with Crippen LogP contribution in [0.1, 0.15) is 32.6 Å². The number of nitrogens with two attached hydrogens (primary N) is 1. The zero-order valence-corrected chi connectivity index (χ0v) is 10.5. The Kier molecular flexibility index (Phi) is 5.77. The van der Waals surface area contributed by atoms with Crippen LogP contribution >= 0.6 is 0 Å². The fourth-order valence-electron chi connectivity index (χ4n) is 2.67. The highest BCUT2D eigenvalue weighted by molar-refractivity contribution is 5.77. The van der Waals surface area contributed by atoms with Gasteiger partial charge >= 0.3 is 0 Å². The van der Waals surface area contributed by atoms with E-state index in [1.54, 1.807) is 7.05 Å². The van der Waals surface area contributed by atoms with Gasteiger partial charge in [0.1, 0.15) is 0 Å². The van der Waals surface area contributed by atoms with Gasteiger partial charge in [-0.25, -0.2) is 0 Å². The Hall–Kier alpha value is -0.610. The van der Waals surface area contributed by atoms with E-state index < -0.39 is 0 Å². The van der Waals surface area contributed by atoms with Crippen LogP contribution in [0.5, 0.6) is 0 Å². The predicted molar refractivity (Wildman–Crippen MR) is 66.1 cm³/mol. The average Bonchev–Trinajstić information content (AvgIpc) is 2.35. The second-order valence-electron chi connectivity index (χ2n) is 4.58. The fraction of sp³-hybridized carbons (Fsp3) is 0.917. The van der Waals surface area contributed by atoms with Crippen molar-refractivity contribution >= 4 is 5.91 Å². The first-order valence-corrected chi connectivity index (χ1v) is 6.37. The molecule has 0 bridgehead atoms. The SMILES string of the molecule is CCN(CC(=O)NC)C1CCCCC1CN. The number of likely N-dealkylation sites (N-methyl/N-ethyl adjacent to an activating group) is 2. The third-order valence-corrected chi connectivity index (χ3v) is 3.67. The van der Waals surface area contributed by atoms with E-state index in [4.69, 9.17) is 5.73 Å². The highest BCUT2D eigenvalue weighted by Crippen LogP contribution is 2.27. The average molecular weight is 227 g/mol. The second kappa shape index (κ2) is 6.86. The van der Waals surface area contributed by atoms with Crippen molar-refractivity contribution < 1.29 is 4.79 Å². The largest absolute Gasteiger partial charge is 0.358 e. The summed E-state index contributed by atoms with van der Waals surface area (Å²) in [6, 6.07) is 0.501. The van der Waals surface area contributed by atoms with Crippen molar-refractivity contribution in [3.05, 3.63) is 0 Å². The normalized spacial score (nSPS) is 25.8. The smallest absolute Gasteiger partial charge is 0.233 e. The number of nitrogens with zero attached hydrogens (tertiary/aromatic N) is 1. The minimum absolute atomic E-state index is 0.100.